The first-order valence-corrected chi connectivity index (χ1v) is 4.33. The van der Waals surface area contributed by atoms with Crippen LogP contribution in [0, 0.1) is 0 Å². The first-order valence-electron chi connectivity index (χ1n) is 3.45. The van der Waals surface area contributed by atoms with Crippen molar-refractivity contribution in [1.29, 1.82) is 0 Å². The third-order valence-electron chi connectivity index (χ3n) is 1.39. The van der Waals surface area contributed by atoms with Crippen molar-refractivity contribution in [3.05, 3.63) is 28.3 Å². The van der Waals surface area contributed by atoms with Crippen molar-refractivity contribution >= 4 is 17.3 Å². The summed E-state index contributed by atoms with van der Waals surface area (Å²) in [6, 6.07) is 4.00. The number of hydrogen-bond donors (Lipinski definition) is 1. The summed E-state index contributed by atoms with van der Waals surface area (Å²) in [5, 5.41) is 5.50. The molecular weight excluding hydrogens is 174 g/mol. The molecule has 4 nitrogen and oxygen atoms in total. The Morgan fingerprint density at radius 1 is 1.58 bits per heavy atom. The van der Waals surface area contributed by atoms with Gasteiger partial charge in [0, 0.05) is 4.88 Å². The molecule has 0 atom stereocenters. The van der Waals surface area contributed by atoms with Crippen molar-refractivity contribution in [2.75, 3.05) is 5.73 Å². The number of thiophene rings is 1. The normalized spacial score (nSPS) is 10.3. The molecule has 2 aromatic heterocycles. The molecule has 0 unspecified atom stereocenters. The van der Waals surface area contributed by atoms with Crippen molar-refractivity contribution in [3.63, 3.8) is 0 Å². The number of nitrogens with zero attached hydrogens (tertiary/aromatic N) is 2. The Kier molecular flexibility index (Phi) is 1.79. The molecule has 0 aliphatic rings. The summed E-state index contributed by atoms with van der Waals surface area (Å²) in [5.74, 6) is 0.761. The minimum atomic E-state index is 0.196. The largest absolute Gasteiger partial charge is 0.365 e. The van der Waals surface area contributed by atoms with Crippen molar-refractivity contribution < 1.29 is 4.52 Å². The lowest BCUT2D eigenvalue weighted by Crippen LogP contribution is -1.87. The molecule has 2 aromatic rings. The van der Waals surface area contributed by atoms with E-state index in [-0.39, 0.29) is 5.95 Å². The van der Waals surface area contributed by atoms with Gasteiger partial charge in [-0.05, 0) is 16.6 Å². The SMILES string of the molecule is Nc1noc(Cc2cccs2)n1. The van der Waals surface area contributed by atoms with E-state index < -0.39 is 0 Å². The molecule has 0 aliphatic heterocycles. The highest BCUT2D eigenvalue weighted by molar-refractivity contribution is 7.09. The molecule has 2 heterocycles. The molecule has 2 rings (SSSR count). The summed E-state index contributed by atoms with van der Waals surface area (Å²) in [7, 11) is 0. The fourth-order valence-electron chi connectivity index (χ4n) is 0.902. The van der Waals surface area contributed by atoms with Crippen LogP contribution in [0.4, 0.5) is 5.95 Å². The van der Waals surface area contributed by atoms with Gasteiger partial charge in [-0.3, -0.25) is 0 Å². The predicted octanol–water partition coefficient (Wildman–Crippen LogP) is 1.30. The van der Waals surface area contributed by atoms with Crippen LogP contribution in [0.5, 0.6) is 0 Å². The number of rotatable bonds is 2. The van der Waals surface area contributed by atoms with E-state index in [9.17, 15) is 0 Å². The van der Waals surface area contributed by atoms with E-state index >= 15 is 0 Å². The number of hydrogen-bond acceptors (Lipinski definition) is 5. The lowest BCUT2D eigenvalue weighted by atomic mass is 10.3. The lowest BCUT2D eigenvalue weighted by molar-refractivity contribution is 0.387. The smallest absolute Gasteiger partial charge is 0.260 e. The monoisotopic (exact) mass is 181 g/mol. The Hall–Kier alpha value is -1.36. The van der Waals surface area contributed by atoms with Crippen LogP contribution in [0.25, 0.3) is 0 Å². The van der Waals surface area contributed by atoms with E-state index in [4.69, 9.17) is 10.3 Å². The molecule has 0 saturated heterocycles. The van der Waals surface area contributed by atoms with Gasteiger partial charge < -0.3 is 10.3 Å². The van der Waals surface area contributed by atoms with Crippen molar-refractivity contribution in [2.24, 2.45) is 0 Å². The summed E-state index contributed by atoms with van der Waals surface area (Å²) in [6.45, 7) is 0. The molecule has 5 heteroatoms. The van der Waals surface area contributed by atoms with Gasteiger partial charge in [0.15, 0.2) is 0 Å². The van der Waals surface area contributed by atoms with E-state index in [0.29, 0.717) is 12.3 Å². The van der Waals surface area contributed by atoms with Crippen molar-refractivity contribution in [2.45, 2.75) is 6.42 Å². The van der Waals surface area contributed by atoms with Gasteiger partial charge in [0.2, 0.25) is 5.89 Å². The number of nitrogens with two attached hydrogens (primary N) is 1. The average Bonchev–Trinajstić information content (AvgIpc) is 2.63. The maximum atomic E-state index is 5.29. The Bertz CT molecular complexity index is 354. The van der Waals surface area contributed by atoms with E-state index in [1.165, 1.54) is 4.88 Å². The summed E-state index contributed by atoms with van der Waals surface area (Å²) in [5.41, 5.74) is 5.29. The Morgan fingerprint density at radius 3 is 3.08 bits per heavy atom. The molecule has 0 aliphatic carbocycles. The minimum Gasteiger partial charge on any atom is -0.365 e. The molecule has 0 fully saturated rings. The van der Waals surface area contributed by atoms with Crippen molar-refractivity contribution in [1.82, 2.24) is 10.1 Å². The Morgan fingerprint density at radius 2 is 2.50 bits per heavy atom. The van der Waals surface area contributed by atoms with Crippen LogP contribution in [-0.2, 0) is 6.42 Å². The highest BCUT2D eigenvalue weighted by Crippen LogP contribution is 2.13. The van der Waals surface area contributed by atoms with Gasteiger partial charge in [-0.2, -0.15) is 4.98 Å². The predicted molar refractivity (Wildman–Crippen MR) is 45.8 cm³/mol. The van der Waals surface area contributed by atoms with E-state index in [1.54, 1.807) is 11.3 Å². The van der Waals surface area contributed by atoms with Crippen LogP contribution < -0.4 is 5.73 Å². The van der Waals surface area contributed by atoms with Crippen LogP contribution >= 0.6 is 11.3 Å². The number of nitrogen functional groups attached to an aromatic ring is 1. The van der Waals surface area contributed by atoms with Crippen LogP contribution in [0.3, 0.4) is 0 Å². The first kappa shape index (κ1) is 7.30. The molecule has 0 spiro atoms. The minimum absolute atomic E-state index is 0.196. The van der Waals surface area contributed by atoms with Crippen LogP contribution in [0.2, 0.25) is 0 Å². The Balaban J connectivity index is 2.14. The topological polar surface area (TPSA) is 64.9 Å². The molecular formula is C7H7N3OS. The standard InChI is InChI=1S/C7H7N3OS/c8-7-9-6(11-10-7)4-5-2-1-3-12-5/h1-3H,4H2,(H2,8,10). The van der Waals surface area contributed by atoms with Gasteiger partial charge in [0.05, 0.1) is 6.42 Å². The maximum absolute atomic E-state index is 5.29. The van der Waals surface area contributed by atoms with Gasteiger partial charge in [0.25, 0.3) is 5.95 Å². The molecule has 2 N–H and O–H groups in total. The summed E-state index contributed by atoms with van der Waals surface area (Å²) in [4.78, 5) is 5.09. The van der Waals surface area contributed by atoms with E-state index in [1.807, 2.05) is 17.5 Å². The summed E-state index contributed by atoms with van der Waals surface area (Å²) in [6.07, 6.45) is 0.669. The second-order valence-corrected chi connectivity index (χ2v) is 3.33. The van der Waals surface area contributed by atoms with Crippen LogP contribution in [0.15, 0.2) is 22.0 Å². The van der Waals surface area contributed by atoms with Gasteiger partial charge in [-0.1, -0.05) is 6.07 Å². The Labute approximate surface area is 73.0 Å². The average molecular weight is 181 g/mol. The molecule has 0 aromatic carbocycles. The lowest BCUT2D eigenvalue weighted by Gasteiger charge is -1.86. The molecule has 0 radical (unpaired) electrons. The van der Waals surface area contributed by atoms with Gasteiger partial charge in [-0.25, -0.2) is 0 Å². The molecule has 62 valence electrons. The quantitative estimate of drug-likeness (QED) is 0.758. The fraction of sp³-hybridized carbons (Fsp3) is 0.143. The molecule has 0 amide bonds. The number of aromatic nitrogens is 2. The van der Waals surface area contributed by atoms with E-state index in [0.717, 1.165) is 0 Å². The third kappa shape index (κ3) is 1.45. The zero-order valence-corrected chi connectivity index (χ0v) is 7.04. The highest BCUT2D eigenvalue weighted by atomic mass is 32.1. The maximum Gasteiger partial charge on any atom is 0.260 e. The third-order valence-corrected chi connectivity index (χ3v) is 2.27. The number of anilines is 1. The fourth-order valence-corrected chi connectivity index (χ4v) is 1.60. The van der Waals surface area contributed by atoms with E-state index in [2.05, 4.69) is 10.1 Å². The second kappa shape index (κ2) is 2.94. The van der Waals surface area contributed by atoms with Crippen LogP contribution in [-0.4, -0.2) is 10.1 Å². The summed E-state index contributed by atoms with van der Waals surface area (Å²) < 4.78 is 4.86. The van der Waals surface area contributed by atoms with Gasteiger partial charge in [-0.15, -0.1) is 11.3 Å². The van der Waals surface area contributed by atoms with Crippen molar-refractivity contribution in [3.8, 4) is 0 Å². The zero-order valence-electron chi connectivity index (χ0n) is 6.23. The first-order chi connectivity index (χ1) is 5.84. The van der Waals surface area contributed by atoms with Gasteiger partial charge in [0.1, 0.15) is 0 Å². The zero-order chi connectivity index (χ0) is 8.39. The van der Waals surface area contributed by atoms with Gasteiger partial charge >= 0.3 is 0 Å². The molecule has 12 heavy (non-hydrogen) atoms. The second-order valence-electron chi connectivity index (χ2n) is 2.30. The molecule has 0 bridgehead atoms. The highest BCUT2D eigenvalue weighted by Gasteiger charge is 2.04. The summed E-state index contributed by atoms with van der Waals surface area (Å²) >= 11 is 1.66. The van der Waals surface area contributed by atoms with Crippen LogP contribution in [0.1, 0.15) is 10.8 Å². The molecule has 0 saturated carbocycles.